The van der Waals surface area contributed by atoms with Gasteiger partial charge in [0, 0.05) is 6.20 Å². The molecule has 0 aliphatic carbocycles. The minimum atomic E-state index is -0.860. The Balaban J connectivity index is 2.01. The molecule has 1 aromatic carbocycles. The zero-order valence-corrected chi connectivity index (χ0v) is 10.4. The number of nitrogens with zero attached hydrogens (tertiary/aromatic N) is 2. The van der Waals surface area contributed by atoms with Gasteiger partial charge in [-0.1, -0.05) is 12.1 Å². The number of aromatic nitrogens is 2. The molecule has 2 heterocycles. The zero-order chi connectivity index (χ0) is 14.1. The van der Waals surface area contributed by atoms with E-state index < -0.39 is 12.0 Å². The molecule has 0 bridgehead atoms. The maximum Gasteiger partial charge on any atom is 0.261 e. The molecule has 0 radical (unpaired) electrons. The molecule has 1 aliphatic rings. The van der Waals surface area contributed by atoms with Crippen LogP contribution in [0.2, 0.25) is 0 Å². The van der Waals surface area contributed by atoms with Crippen LogP contribution >= 0.6 is 0 Å². The van der Waals surface area contributed by atoms with Crippen molar-refractivity contribution in [3.05, 3.63) is 42.2 Å². The maximum atomic E-state index is 12.4. The Labute approximate surface area is 114 Å². The van der Waals surface area contributed by atoms with Gasteiger partial charge in [0.1, 0.15) is 5.75 Å². The Kier molecular flexibility index (Phi) is 2.86. The Hall–Kier alpha value is -2.83. The molecule has 1 unspecified atom stereocenters. The third kappa shape index (κ3) is 1.99. The minimum absolute atomic E-state index is 0.0797. The van der Waals surface area contributed by atoms with Crippen molar-refractivity contribution in [3.63, 3.8) is 0 Å². The maximum absolute atomic E-state index is 12.4. The summed E-state index contributed by atoms with van der Waals surface area (Å²) in [4.78, 5) is 25.3. The summed E-state index contributed by atoms with van der Waals surface area (Å²) in [6.45, 7) is 0.0797. The number of carbonyl (C=O) groups excluding carboxylic acids is 2. The second kappa shape index (κ2) is 4.69. The quantitative estimate of drug-likeness (QED) is 0.821. The highest BCUT2D eigenvalue weighted by molar-refractivity contribution is 6.07. The van der Waals surface area contributed by atoms with E-state index in [0.717, 1.165) is 0 Å². The van der Waals surface area contributed by atoms with Gasteiger partial charge in [0.15, 0.2) is 6.10 Å². The number of ether oxygens (including phenoxy) is 1. The monoisotopic (exact) mass is 272 g/mol. The van der Waals surface area contributed by atoms with Gasteiger partial charge in [0.05, 0.1) is 24.0 Å². The molecule has 1 atom stereocenters. The molecule has 102 valence electrons. The number of amides is 2. The number of aromatic amines is 1. The normalized spacial score (nSPS) is 17.2. The van der Waals surface area contributed by atoms with Gasteiger partial charge in [-0.3, -0.25) is 14.7 Å². The minimum Gasteiger partial charge on any atom is -0.477 e. The van der Waals surface area contributed by atoms with Crippen LogP contribution in [-0.4, -0.2) is 34.7 Å². The second-order valence-electron chi connectivity index (χ2n) is 4.38. The first-order valence-electron chi connectivity index (χ1n) is 6.02. The predicted octanol–water partition coefficient (Wildman–Crippen LogP) is 0.303. The fraction of sp³-hybridized carbons (Fsp3) is 0.154. The molecule has 0 saturated heterocycles. The van der Waals surface area contributed by atoms with E-state index >= 15 is 0 Å². The summed E-state index contributed by atoms with van der Waals surface area (Å²) in [6.07, 6.45) is 2.07. The van der Waals surface area contributed by atoms with Gasteiger partial charge >= 0.3 is 0 Å². The van der Waals surface area contributed by atoms with Crippen LogP contribution in [0.15, 0.2) is 36.7 Å². The number of nitrogens with two attached hydrogens (primary N) is 1. The molecule has 7 heteroatoms. The Morgan fingerprint density at radius 3 is 2.90 bits per heavy atom. The molecule has 1 aromatic heterocycles. The highest BCUT2D eigenvalue weighted by atomic mass is 16.5. The average Bonchev–Trinajstić information content (AvgIpc) is 2.99. The number of fused-ring (bicyclic) bond motifs is 1. The second-order valence-corrected chi connectivity index (χ2v) is 4.38. The fourth-order valence-electron chi connectivity index (χ4n) is 2.10. The number of rotatable bonds is 2. The Morgan fingerprint density at radius 2 is 2.20 bits per heavy atom. The summed E-state index contributed by atoms with van der Waals surface area (Å²) >= 11 is 0. The van der Waals surface area contributed by atoms with Gasteiger partial charge in [0.2, 0.25) is 0 Å². The highest BCUT2D eigenvalue weighted by Crippen LogP contribution is 2.33. The van der Waals surface area contributed by atoms with Gasteiger partial charge in [0.25, 0.3) is 11.8 Å². The van der Waals surface area contributed by atoms with Crippen LogP contribution in [0, 0.1) is 0 Å². The van der Waals surface area contributed by atoms with Crippen molar-refractivity contribution in [1.82, 2.24) is 10.2 Å². The van der Waals surface area contributed by atoms with Gasteiger partial charge in [-0.15, -0.1) is 0 Å². The summed E-state index contributed by atoms with van der Waals surface area (Å²) in [5, 5.41) is 6.34. The third-order valence-corrected chi connectivity index (χ3v) is 3.08. The van der Waals surface area contributed by atoms with Crippen molar-refractivity contribution in [1.29, 1.82) is 0 Å². The van der Waals surface area contributed by atoms with E-state index in [9.17, 15) is 9.59 Å². The molecule has 2 aromatic rings. The number of carbonyl (C=O) groups is 2. The van der Waals surface area contributed by atoms with Crippen molar-refractivity contribution < 1.29 is 14.3 Å². The van der Waals surface area contributed by atoms with Crippen molar-refractivity contribution in [3.8, 4) is 5.75 Å². The van der Waals surface area contributed by atoms with E-state index in [-0.39, 0.29) is 12.5 Å². The number of hydrogen-bond donors (Lipinski definition) is 2. The van der Waals surface area contributed by atoms with E-state index in [0.29, 0.717) is 17.0 Å². The number of H-pyrrole nitrogens is 1. The summed E-state index contributed by atoms with van der Waals surface area (Å²) in [6, 6.07) is 7.01. The smallest absolute Gasteiger partial charge is 0.261 e. The summed E-state index contributed by atoms with van der Waals surface area (Å²) in [5.74, 6) is -0.412. The zero-order valence-electron chi connectivity index (χ0n) is 10.4. The lowest BCUT2D eigenvalue weighted by molar-refractivity contribution is -0.124. The van der Waals surface area contributed by atoms with Gasteiger partial charge in [-0.2, -0.15) is 5.10 Å². The van der Waals surface area contributed by atoms with Gasteiger partial charge < -0.3 is 15.4 Å². The topological polar surface area (TPSA) is 101 Å². The number of nitrogens with one attached hydrogen (secondary N) is 1. The van der Waals surface area contributed by atoms with Gasteiger partial charge in [-0.05, 0) is 12.1 Å². The van der Waals surface area contributed by atoms with E-state index in [2.05, 4.69) is 10.2 Å². The molecular weight excluding hydrogens is 260 g/mol. The van der Waals surface area contributed by atoms with Crippen LogP contribution in [0.1, 0.15) is 10.4 Å². The predicted molar refractivity (Wildman–Crippen MR) is 70.3 cm³/mol. The Morgan fingerprint density at radius 1 is 1.40 bits per heavy atom. The molecule has 0 fully saturated rings. The third-order valence-electron chi connectivity index (χ3n) is 3.08. The first-order chi connectivity index (χ1) is 9.66. The lowest BCUT2D eigenvalue weighted by Crippen LogP contribution is -2.49. The van der Waals surface area contributed by atoms with E-state index in [1.54, 1.807) is 24.3 Å². The number of benzene rings is 1. The Bertz CT molecular complexity index is 653. The lowest BCUT2D eigenvalue weighted by Gasteiger charge is -2.33. The number of hydrogen-bond acceptors (Lipinski definition) is 4. The molecular formula is C13H12N4O3. The largest absolute Gasteiger partial charge is 0.477 e. The molecule has 2 amide bonds. The first kappa shape index (κ1) is 12.2. The van der Waals surface area contributed by atoms with Crippen molar-refractivity contribution >= 4 is 17.5 Å². The van der Waals surface area contributed by atoms with Crippen LogP contribution in [0.4, 0.5) is 5.69 Å². The summed E-state index contributed by atoms with van der Waals surface area (Å²) in [7, 11) is 0. The molecule has 3 N–H and O–H groups in total. The van der Waals surface area contributed by atoms with E-state index in [4.69, 9.17) is 10.5 Å². The molecule has 0 spiro atoms. The molecule has 1 aliphatic heterocycles. The number of primary amides is 1. The van der Waals surface area contributed by atoms with Gasteiger partial charge in [-0.25, -0.2) is 0 Å². The number of para-hydroxylation sites is 2. The molecule has 3 rings (SSSR count). The average molecular weight is 272 g/mol. The van der Waals surface area contributed by atoms with Crippen molar-refractivity contribution in [2.24, 2.45) is 5.73 Å². The molecule has 7 nitrogen and oxygen atoms in total. The summed E-state index contributed by atoms with van der Waals surface area (Å²) in [5.41, 5.74) is 6.30. The molecule has 0 saturated carbocycles. The lowest BCUT2D eigenvalue weighted by atomic mass is 10.1. The summed E-state index contributed by atoms with van der Waals surface area (Å²) < 4.78 is 5.50. The SMILES string of the molecule is NC(=O)C1CN(C(=O)c2cn[nH]c2)c2ccccc2O1. The van der Waals surface area contributed by atoms with Crippen LogP contribution in [0.5, 0.6) is 5.75 Å². The van der Waals surface area contributed by atoms with Crippen LogP contribution in [-0.2, 0) is 4.79 Å². The standard InChI is InChI=1S/C13H12N4O3/c14-12(18)11-7-17(13(19)8-5-15-16-6-8)9-3-1-2-4-10(9)20-11/h1-6,11H,7H2,(H2,14,18)(H,15,16). The van der Waals surface area contributed by atoms with Crippen LogP contribution < -0.4 is 15.4 Å². The van der Waals surface area contributed by atoms with Crippen molar-refractivity contribution in [2.45, 2.75) is 6.10 Å². The molecule has 20 heavy (non-hydrogen) atoms. The van der Waals surface area contributed by atoms with Crippen LogP contribution in [0.3, 0.4) is 0 Å². The first-order valence-corrected chi connectivity index (χ1v) is 6.02. The van der Waals surface area contributed by atoms with E-state index in [1.807, 2.05) is 0 Å². The van der Waals surface area contributed by atoms with Crippen LogP contribution in [0.25, 0.3) is 0 Å². The fourth-order valence-corrected chi connectivity index (χ4v) is 2.10. The van der Waals surface area contributed by atoms with Crippen molar-refractivity contribution in [2.75, 3.05) is 11.4 Å². The highest BCUT2D eigenvalue weighted by Gasteiger charge is 2.33. The van der Waals surface area contributed by atoms with E-state index in [1.165, 1.54) is 17.3 Å². The number of anilines is 1.